The smallest absolute Gasteiger partial charge is 0.339 e. The number of benzene rings is 2. The van der Waals surface area contributed by atoms with Crippen molar-refractivity contribution in [3.63, 3.8) is 0 Å². The predicted molar refractivity (Wildman–Crippen MR) is 115 cm³/mol. The Morgan fingerprint density at radius 2 is 1.90 bits per heavy atom. The van der Waals surface area contributed by atoms with E-state index in [2.05, 4.69) is 30.4 Å². The molecule has 0 unspecified atom stereocenters. The Morgan fingerprint density at radius 3 is 2.61 bits per heavy atom. The lowest BCUT2D eigenvalue weighted by Gasteiger charge is -2.46. The molecule has 2 aliphatic heterocycles. The molecule has 0 aliphatic carbocycles. The molecule has 1 N–H and O–H groups in total. The highest BCUT2D eigenvalue weighted by Crippen LogP contribution is 2.38. The number of hydrogen-bond donors (Lipinski definition) is 1. The van der Waals surface area contributed by atoms with Crippen LogP contribution in [0, 0.1) is 0 Å². The van der Waals surface area contributed by atoms with Gasteiger partial charge in [-0.15, -0.1) is 0 Å². The second kappa shape index (κ2) is 8.50. The first-order valence-electron chi connectivity index (χ1n) is 10.8. The first-order chi connectivity index (χ1) is 14.8. The fourth-order valence-corrected chi connectivity index (χ4v) is 4.79. The van der Waals surface area contributed by atoms with Crippen LogP contribution in [0.15, 0.2) is 48.5 Å². The molecule has 31 heavy (non-hydrogen) atoms. The summed E-state index contributed by atoms with van der Waals surface area (Å²) in [5.74, 6) is -0.246. The number of nitrogens with one attached hydrogen (secondary N) is 1. The maximum Gasteiger partial charge on any atom is 0.416 e. The van der Waals surface area contributed by atoms with E-state index >= 15 is 0 Å². The van der Waals surface area contributed by atoms with Gasteiger partial charge in [-0.05, 0) is 60.1 Å². The van der Waals surface area contributed by atoms with E-state index in [0.29, 0.717) is 13.1 Å². The van der Waals surface area contributed by atoms with E-state index in [-0.39, 0.29) is 17.0 Å². The van der Waals surface area contributed by atoms with Gasteiger partial charge in [-0.3, -0.25) is 4.79 Å². The molecule has 3 nitrogen and oxygen atoms in total. The van der Waals surface area contributed by atoms with Gasteiger partial charge in [0.2, 0.25) is 5.91 Å². The number of halogens is 3. The van der Waals surface area contributed by atoms with Gasteiger partial charge in [-0.25, -0.2) is 0 Å². The fourth-order valence-electron chi connectivity index (χ4n) is 4.79. The van der Waals surface area contributed by atoms with Gasteiger partial charge in [-0.1, -0.05) is 43.3 Å². The Labute approximate surface area is 180 Å². The molecule has 1 spiro atoms. The van der Waals surface area contributed by atoms with Gasteiger partial charge in [0, 0.05) is 31.2 Å². The van der Waals surface area contributed by atoms with E-state index in [1.165, 1.54) is 41.0 Å². The molecule has 2 aliphatic rings. The molecule has 4 rings (SSSR count). The van der Waals surface area contributed by atoms with E-state index in [0.717, 1.165) is 38.3 Å². The molecule has 2 aromatic carbocycles. The first-order valence-corrected chi connectivity index (χ1v) is 10.8. The number of hydrogen-bond acceptors (Lipinski definition) is 2. The minimum atomic E-state index is -4.45. The number of aryl methyl sites for hydroxylation is 1. The van der Waals surface area contributed by atoms with Crippen molar-refractivity contribution in [1.82, 2.24) is 10.2 Å². The van der Waals surface area contributed by atoms with Crippen LogP contribution in [0.2, 0.25) is 0 Å². The third-order valence-electron chi connectivity index (χ3n) is 6.55. The highest BCUT2D eigenvalue weighted by atomic mass is 19.4. The molecule has 0 atom stereocenters. The maximum absolute atomic E-state index is 13.2. The molecule has 1 fully saturated rings. The second-order valence-electron chi connectivity index (χ2n) is 8.35. The van der Waals surface area contributed by atoms with Gasteiger partial charge in [0.1, 0.15) is 0 Å². The topological polar surface area (TPSA) is 32.3 Å². The van der Waals surface area contributed by atoms with Crippen molar-refractivity contribution in [2.75, 3.05) is 19.6 Å². The maximum atomic E-state index is 13.2. The third-order valence-corrected chi connectivity index (χ3v) is 6.55. The molecular formula is C25H27F3N2O. The summed E-state index contributed by atoms with van der Waals surface area (Å²) in [4.78, 5) is 14.4. The SMILES string of the molecule is CCc1ccc2c(c1)CCNC21CCN(C(=O)/C=C/c2ccccc2C(F)(F)F)CC1. The minimum absolute atomic E-state index is 0.00596. The number of likely N-dealkylation sites (tertiary alicyclic amines) is 1. The Bertz CT molecular complexity index is 989. The summed E-state index contributed by atoms with van der Waals surface area (Å²) in [6, 6.07) is 12.0. The number of amides is 1. The van der Waals surface area contributed by atoms with E-state index in [4.69, 9.17) is 0 Å². The summed E-state index contributed by atoms with van der Waals surface area (Å²) < 4.78 is 39.5. The Balaban J connectivity index is 1.46. The summed E-state index contributed by atoms with van der Waals surface area (Å²) in [5.41, 5.74) is 3.22. The Kier molecular flexibility index (Phi) is 5.93. The second-order valence-corrected chi connectivity index (χ2v) is 8.35. The van der Waals surface area contributed by atoms with E-state index in [1.54, 1.807) is 11.0 Å². The lowest BCUT2D eigenvalue weighted by Crippen LogP contribution is -2.54. The minimum Gasteiger partial charge on any atom is -0.339 e. The summed E-state index contributed by atoms with van der Waals surface area (Å²) in [5, 5.41) is 3.69. The standard InChI is InChI=1S/C25H27F3N2O/c1-2-18-7-9-21-20(17-18)11-14-29-24(21)12-15-30(16-13-24)23(31)10-8-19-5-3-4-6-22(19)25(26,27)28/h3-10,17,29H,2,11-16H2,1H3/b10-8+. The van der Waals surface area contributed by atoms with Crippen LogP contribution in [0.25, 0.3) is 6.08 Å². The van der Waals surface area contributed by atoms with Gasteiger partial charge < -0.3 is 10.2 Å². The van der Waals surface area contributed by atoms with Crippen LogP contribution in [0.3, 0.4) is 0 Å². The van der Waals surface area contributed by atoms with Gasteiger partial charge in [0.05, 0.1) is 5.56 Å². The van der Waals surface area contributed by atoms with Crippen LogP contribution in [-0.2, 0) is 29.4 Å². The molecular weight excluding hydrogens is 401 g/mol. The van der Waals surface area contributed by atoms with E-state index in [1.807, 2.05) is 0 Å². The van der Waals surface area contributed by atoms with Gasteiger partial charge in [0.25, 0.3) is 0 Å². The quantitative estimate of drug-likeness (QED) is 0.702. The number of carbonyl (C=O) groups is 1. The Hall–Kier alpha value is -2.60. The monoisotopic (exact) mass is 428 g/mol. The number of carbonyl (C=O) groups excluding carboxylic acids is 1. The zero-order valence-electron chi connectivity index (χ0n) is 17.6. The van der Waals surface area contributed by atoms with Crippen LogP contribution >= 0.6 is 0 Å². The number of rotatable bonds is 3. The van der Waals surface area contributed by atoms with Crippen LogP contribution in [0.1, 0.15) is 47.6 Å². The highest BCUT2D eigenvalue weighted by Gasteiger charge is 2.40. The van der Waals surface area contributed by atoms with Crippen molar-refractivity contribution >= 4 is 12.0 Å². The molecule has 0 bridgehead atoms. The summed E-state index contributed by atoms with van der Waals surface area (Å²) in [6.07, 6.45) is 1.70. The molecule has 0 radical (unpaired) electrons. The molecule has 6 heteroatoms. The first kappa shape index (κ1) is 21.6. The zero-order valence-corrected chi connectivity index (χ0v) is 17.6. The van der Waals surface area contributed by atoms with Crippen molar-refractivity contribution in [3.8, 4) is 0 Å². The van der Waals surface area contributed by atoms with Gasteiger partial charge in [-0.2, -0.15) is 13.2 Å². The van der Waals surface area contributed by atoms with Crippen LogP contribution < -0.4 is 5.32 Å². The van der Waals surface area contributed by atoms with Crippen LogP contribution in [-0.4, -0.2) is 30.4 Å². The van der Waals surface area contributed by atoms with Gasteiger partial charge in [0.15, 0.2) is 0 Å². The van der Waals surface area contributed by atoms with Crippen LogP contribution in [0.5, 0.6) is 0 Å². The number of nitrogens with zero attached hydrogens (tertiary/aromatic N) is 1. The predicted octanol–water partition coefficient (Wildman–Crippen LogP) is 4.94. The molecule has 164 valence electrons. The molecule has 1 amide bonds. The third kappa shape index (κ3) is 4.40. The molecule has 2 heterocycles. The number of fused-ring (bicyclic) bond motifs is 2. The van der Waals surface area contributed by atoms with Crippen molar-refractivity contribution in [1.29, 1.82) is 0 Å². The lowest BCUT2D eigenvalue weighted by molar-refractivity contribution is -0.137. The largest absolute Gasteiger partial charge is 0.416 e. The molecule has 1 saturated heterocycles. The summed E-state index contributed by atoms with van der Waals surface area (Å²) in [7, 11) is 0. The molecule has 2 aromatic rings. The zero-order chi connectivity index (χ0) is 22.1. The number of piperidine rings is 1. The van der Waals surface area contributed by atoms with Crippen LogP contribution in [0.4, 0.5) is 13.2 Å². The van der Waals surface area contributed by atoms with E-state index < -0.39 is 11.7 Å². The van der Waals surface area contributed by atoms with Gasteiger partial charge >= 0.3 is 6.18 Å². The number of alkyl halides is 3. The molecule has 0 saturated carbocycles. The summed E-state index contributed by atoms with van der Waals surface area (Å²) in [6.45, 7) is 4.23. The summed E-state index contributed by atoms with van der Waals surface area (Å²) >= 11 is 0. The van der Waals surface area contributed by atoms with Crippen molar-refractivity contribution in [2.45, 2.75) is 44.3 Å². The van der Waals surface area contributed by atoms with Crippen molar-refractivity contribution < 1.29 is 18.0 Å². The molecule has 0 aromatic heterocycles. The highest BCUT2D eigenvalue weighted by molar-refractivity contribution is 5.92. The van der Waals surface area contributed by atoms with E-state index in [9.17, 15) is 18.0 Å². The van der Waals surface area contributed by atoms with Crippen molar-refractivity contribution in [3.05, 3.63) is 76.4 Å². The average Bonchev–Trinajstić information content (AvgIpc) is 2.77. The van der Waals surface area contributed by atoms with Crippen molar-refractivity contribution in [2.24, 2.45) is 0 Å². The normalized spacial score (nSPS) is 18.4. The lowest BCUT2D eigenvalue weighted by atomic mass is 9.75. The fraction of sp³-hybridized carbons (Fsp3) is 0.400. The Morgan fingerprint density at radius 1 is 1.16 bits per heavy atom. The average molecular weight is 428 g/mol.